The minimum absolute atomic E-state index is 0.0176. The summed E-state index contributed by atoms with van der Waals surface area (Å²) in [6, 6.07) is 6.06. The van der Waals surface area contributed by atoms with Gasteiger partial charge in [0.25, 0.3) is 11.8 Å². The van der Waals surface area contributed by atoms with Crippen molar-refractivity contribution in [3.05, 3.63) is 47.9 Å². The fraction of sp³-hybridized carbons (Fsp3) is 0.368. The maximum Gasteiger partial charge on any atom is 0.314 e. The van der Waals surface area contributed by atoms with Gasteiger partial charge in [-0.25, -0.2) is 9.97 Å². The first kappa shape index (κ1) is 17.0. The van der Waals surface area contributed by atoms with Gasteiger partial charge in [0.2, 0.25) is 6.79 Å². The summed E-state index contributed by atoms with van der Waals surface area (Å²) in [4.78, 5) is 8.78. The molecule has 3 aromatic rings. The number of ether oxygens (including phenoxy) is 2. The van der Waals surface area contributed by atoms with Crippen molar-refractivity contribution in [2.45, 2.75) is 37.5 Å². The lowest BCUT2D eigenvalue weighted by atomic mass is 9.62. The molecule has 7 nitrogen and oxygen atoms in total. The Morgan fingerprint density at radius 1 is 1.04 bits per heavy atom. The maximum absolute atomic E-state index is 12.6. The number of fused-ring (bicyclic) bond motifs is 1. The van der Waals surface area contributed by atoms with Crippen LogP contribution in [0.3, 0.4) is 0 Å². The molecule has 1 aromatic carbocycles. The number of hydrogen-bond donors (Lipinski definition) is 0. The van der Waals surface area contributed by atoms with Crippen molar-refractivity contribution in [3.8, 4) is 23.0 Å². The lowest BCUT2D eigenvalue weighted by molar-refractivity contribution is 0.116. The second-order valence-corrected chi connectivity index (χ2v) is 7.01. The molecule has 0 unspecified atom stereocenters. The first-order valence-corrected chi connectivity index (χ1v) is 8.96. The summed E-state index contributed by atoms with van der Waals surface area (Å²) in [7, 11) is 0. The summed E-state index contributed by atoms with van der Waals surface area (Å²) >= 11 is 0. The predicted octanol–water partition coefficient (Wildman–Crippen LogP) is 3.86. The number of benzene rings is 1. The number of rotatable bonds is 5. The van der Waals surface area contributed by atoms with Crippen molar-refractivity contribution in [2.75, 3.05) is 6.79 Å². The summed E-state index contributed by atoms with van der Waals surface area (Å²) in [5.41, 5.74) is 1.57. The molecule has 0 atom stereocenters. The maximum atomic E-state index is 12.6. The van der Waals surface area contributed by atoms with E-state index in [0.29, 0.717) is 17.8 Å². The molecule has 28 heavy (non-hydrogen) atoms. The predicted molar refractivity (Wildman–Crippen MR) is 92.1 cm³/mol. The van der Waals surface area contributed by atoms with Crippen LogP contribution in [0.1, 0.15) is 43.0 Å². The van der Waals surface area contributed by atoms with Gasteiger partial charge >= 0.3 is 6.43 Å². The number of halogens is 2. The molecule has 2 aliphatic rings. The summed E-state index contributed by atoms with van der Waals surface area (Å²) in [6.45, 7) is 0.249. The van der Waals surface area contributed by atoms with Crippen molar-refractivity contribution in [1.82, 2.24) is 20.2 Å². The van der Waals surface area contributed by atoms with Crippen molar-refractivity contribution in [1.29, 1.82) is 0 Å². The molecule has 0 saturated heterocycles. The first-order valence-electron chi connectivity index (χ1n) is 8.96. The molecule has 0 amide bonds. The number of alkyl halides is 2. The summed E-state index contributed by atoms with van der Waals surface area (Å²) in [6.07, 6.45) is 4.15. The van der Waals surface area contributed by atoms with Crippen LogP contribution in [0.5, 0.6) is 11.5 Å². The number of nitrogens with zero attached hydrogens (tertiary/aromatic N) is 4. The molecule has 144 valence electrons. The molecule has 2 aromatic heterocycles. The highest BCUT2D eigenvalue weighted by Gasteiger charge is 2.40. The van der Waals surface area contributed by atoms with Crippen molar-refractivity contribution >= 4 is 0 Å². The fourth-order valence-corrected chi connectivity index (χ4v) is 3.70. The zero-order valence-corrected chi connectivity index (χ0v) is 14.8. The van der Waals surface area contributed by atoms with E-state index in [1.165, 1.54) is 18.0 Å². The molecule has 5 rings (SSSR count). The number of aromatic nitrogens is 4. The van der Waals surface area contributed by atoms with Gasteiger partial charge < -0.3 is 13.9 Å². The second kappa shape index (κ2) is 6.50. The van der Waals surface area contributed by atoms with Gasteiger partial charge in [-0.3, -0.25) is 0 Å². The SMILES string of the molecule is FC(F)c1nnc(-c2cnc(CC3(c4ccc5c(c4)OCO5)CCC3)nc2)o1. The zero-order valence-electron chi connectivity index (χ0n) is 14.8. The van der Waals surface area contributed by atoms with Gasteiger partial charge in [0, 0.05) is 24.2 Å². The first-order chi connectivity index (χ1) is 13.6. The Labute approximate surface area is 158 Å². The Bertz CT molecular complexity index is 1000. The van der Waals surface area contributed by atoms with Gasteiger partial charge in [0.15, 0.2) is 11.5 Å². The van der Waals surface area contributed by atoms with Crippen LogP contribution in [0.25, 0.3) is 11.5 Å². The average Bonchev–Trinajstić information content (AvgIpc) is 3.34. The van der Waals surface area contributed by atoms with E-state index < -0.39 is 12.3 Å². The molecule has 9 heteroatoms. The summed E-state index contributed by atoms with van der Waals surface area (Å²) < 4.78 is 41.0. The quantitative estimate of drug-likeness (QED) is 0.658. The van der Waals surface area contributed by atoms with E-state index in [9.17, 15) is 8.78 Å². The van der Waals surface area contributed by atoms with E-state index in [1.807, 2.05) is 12.1 Å². The van der Waals surface area contributed by atoms with E-state index in [2.05, 4.69) is 26.2 Å². The van der Waals surface area contributed by atoms with Crippen LogP contribution in [0.4, 0.5) is 8.78 Å². The Hall–Kier alpha value is -3.10. The van der Waals surface area contributed by atoms with Crippen molar-refractivity contribution < 1.29 is 22.7 Å². The highest BCUT2D eigenvalue weighted by Crippen LogP contribution is 2.48. The summed E-state index contributed by atoms with van der Waals surface area (Å²) in [5, 5.41) is 6.94. The zero-order chi connectivity index (χ0) is 19.1. The highest BCUT2D eigenvalue weighted by molar-refractivity contribution is 5.49. The lowest BCUT2D eigenvalue weighted by Crippen LogP contribution is -2.37. The molecule has 3 heterocycles. The van der Waals surface area contributed by atoms with E-state index >= 15 is 0 Å². The van der Waals surface area contributed by atoms with Gasteiger partial charge in [-0.2, -0.15) is 8.78 Å². The van der Waals surface area contributed by atoms with Gasteiger partial charge in [0.1, 0.15) is 5.82 Å². The molecule has 0 bridgehead atoms. The third-order valence-corrected chi connectivity index (χ3v) is 5.37. The third kappa shape index (κ3) is 2.87. The van der Waals surface area contributed by atoms with Crippen molar-refractivity contribution in [2.24, 2.45) is 0 Å². The minimum atomic E-state index is -2.80. The van der Waals surface area contributed by atoms with E-state index in [0.717, 1.165) is 30.8 Å². The molecule has 1 saturated carbocycles. The molecule has 0 N–H and O–H groups in total. The van der Waals surface area contributed by atoms with Crippen LogP contribution in [-0.4, -0.2) is 27.0 Å². The minimum Gasteiger partial charge on any atom is -0.454 e. The van der Waals surface area contributed by atoms with Crippen LogP contribution in [0.15, 0.2) is 35.0 Å². The van der Waals surface area contributed by atoms with Crippen LogP contribution < -0.4 is 9.47 Å². The monoisotopic (exact) mass is 386 g/mol. The molecule has 1 aliphatic heterocycles. The third-order valence-electron chi connectivity index (χ3n) is 5.37. The normalized spacial score (nSPS) is 17.0. The molecular formula is C19H16F2N4O3. The highest BCUT2D eigenvalue weighted by atomic mass is 19.3. The topological polar surface area (TPSA) is 83.2 Å². The Kier molecular flexibility index (Phi) is 3.96. The van der Waals surface area contributed by atoms with Gasteiger partial charge in [-0.1, -0.05) is 12.5 Å². The second-order valence-electron chi connectivity index (χ2n) is 7.01. The Balaban J connectivity index is 1.37. The smallest absolute Gasteiger partial charge is 0.314 e. The fourth-order valence-electron chi connectivity index (χ4n) is 3.70. The Morgan fingerprint density at radius 2 is 1.82 bits per heavy atom. The van der Waals surface area contributed by atoms with Gasteiger partial charge in [0.05, 0.1) is 5.56 Å². The standard InChI is InChI=1S/C19H16F2N4O3/c20-16(21)18-25-24-17(28-18)11-8-22-15(23-9-11)7-19(4-1-5-19)12-2-3-13-14(6-12)27-10-26-13/h2-3,6,8-9,16H,1,4-5,7,10H2. The van der Waals surface area contributed by atoms with Crippen LogP contribution in [-0.2, 0) is 11.8 Å². The van der Waals surface area contributed by atoms with Crippen LogP contribution in [0, 0.1) is 0 Å². The van der Waals surface area contributed by atoms with Crippen LogP contribution >= 0.6 is 0 Å². The van der Waals surface area contributed by atoms with E-state index in [-0.39, 0.29) is 18.1 Å². The van der Waals surface area contributed by atoms with Crippen molar-refractivity contribution in [3.63, 3.8) is 0 Å². The van der Waals surface area contributed by atoms with Crippen LogP contribution in [0.2, 0.25) is 0 Å². The molecular weight excluding hydrogens is 370 g/mol. The molecule has 0 radical (unpaired) electrons. The summed E-state index contributed by atoms with van der Waals surface area (Å²) in [5.74, 6) is 1.48. The number of hydrogen-bond acceptors (Lipinski definition) is 7. The molecule has 1 fully saturated rings. The van der Waals surface area contributed by atoms with Gasteiger partial charge in [-0.15, -0.1) is 10.2 Å². The average molecular weight is 386 g/mol. The van der Waals surface area contributed by atoms with E-state index in [1.54, 1.807) is 0 Å². The largest absolute Gasteiger partial charge is 0.454 e. The Morgan fingerprint density at radius 3 is 2.50 bits per heavy atom. The lowest BCUT2D eigenvalue weighted by Gasteiger charge is -2.42. The van der Waals surface area contributed by atoms with E-state index in [4.69, 9.17) is 13.9 Å². The molecule has 1 aliphatic carbocycles. The van der Waals surface area contributed by atoms with Gasteiger partial charge in [-0.05, 0) is 30.5 Å². The molecule has 0 spiro atoms.